The first kappa shape index (κ1) is 23.3. The van der Waals surface area contributed by atoms with Crippen LogP contribution in [0.5, 0.6) is 11.8 Å². The number of aromatic nitrogens is 5. The summed E-state index contributed by atoms with van der Waals surface area (Å²) >= 11 is 1.32. The minimum atomic E-state index is -0.156. The lowest BCUT2D eigenvalue weighted by Crippen LogP contribution is -2.15. The van der Waals surface area contributed by atoms with Crippen LogP contribution in [0.2, 0.25) is 0 Å². The van der Waals surface area contributed by atoms with E-state index >= 15 is 0 Å². The molecule has 9 nitrogen and oxygen atoms in total. The van der Waals surface area contributed by atoms with Gasteiger partial charge in [-0.2, -0.15) is 0 Å². The minimum absolute atomic E-state index is 0.156. The van der Waals surface area contributed by atoms with Gasteiger partial charge < -0.3 is 14.5 Å². The van der Waals surface area contributed by atoms with E-state index in [0.717, 1.165) is 11.1 Å². The maximum absolute atomic E-state index is 12.8. The lowest BCUT2D eigenvalue weighted by molar-refractivity contribution is -0.113. The molecule has 0 aliphatic carbocycles. The number of benzene rings is 2. The molecule has 0 unspecified atom stereocenters. The molecule has 10 heteroatoms. The molecule has 0 aliphatic heterocycles. The Hall–Kier alpha value is -4.44. The van der Waals surface area contributed by atoms with Gasteiger partial charge in [0.05, 0.1) is 18.6 Å². The molecular formula is C26H22N6O3S. The molecule has 3 heterocycles. The van der Waals surface area contributed by atoms with E-state index in [1.807, 2.05) is 60.0 Å². The molecule has 0 aliphatic rings. The summed E-state index contributed by atoms with van der Waals surface area (Å²) in [6.45, 7) is 2.45. The molecule has 0 saturated carbocycles. The largest absolute Gasteiger partial charge is 0.461 e. The van der Waals surface area contributed by atoms with Crippen molar-refractivity contribution in [1.29, 1.82) is 0 Å². The van der Waals surface area contributed by atoms with Gasteiger partial charge in [-0.3, -0.25) is 9.36 Å². The number of nitrogens with one attached hydrogen (secondary N) is 1. The zero-order valence-corrected chi connectivity index (χ0v) is 20.2. The lowest BCUT2D eigenvalue weighted by atomic mass is 10.2. The smallest absolute Gasteiger partial charge is 0.321 e. The van der Waals surface area contributed by atoms with Crippen molar-refractivity contribution in [3.63, 3.8) is 0 Å². The van der Waals surface area contributed by atoms with Crippen molar-refractivity contribution >= 4 is 23.4 Å². The Bertz CT molecular complexity index is 1440. The molecule has 2 aromatic carbocycles. The predicted octanol–water partition coefficient (Wildman–Crippen LogP) is 5.21. The fourth-order valence-corrected chi connectivity index (χ4v) is 4.23. The molecule has 180 valence electrons. The second-order valence-electron chi connectivity index (χ2n) is 7.80. The normalized spacial score (nSPS) is 10.8. The number of thioether (sulfide) groups is 1. The average molecular weight is 499 g/mol. The molecule has 5 rings (SSSR count). The van der Waals surface area contributed by atoms with E-state index in [1.165, 1.54) is 11.8 Å². The summed E-state index contributed by atoms with van der Waals surface area (Å²) in [4.78, 5) is 20.9. The highest BCUT2D eigenvalue weighted by atomic mass is 32.2. The van der Waals surface area contributed by atoms with Crippen LogP contribution in [-0.4, -0.2) is 36.4 Å². The van der Waals surface area contributed by atoms with Gasteiger partial charge in [0.1, 0.15) is 5.75 Å². The summed E-state index contributed by atoms with van der Waals surface area (Å²) in [5.41, 5.74) is 2.65. The minimum Gasteiger partial charge on any atom is -0.461 e. The highest BCUT2D eigenvalue weighted by Crippen LogP contribution is 2.27. The second-order valence-corrected chi connectivity index (χ2v) is 8.74. The number of furan rings is 1. The molecule has 1 N–H and O–H groups in total. The molecule has 0 atom stereocenters. The fourth-order valence-electron chi connectivity index (χ4n) is 3.49. The topological polar surface area (TPSA) is 108 Å². The van der Waals surface area contributed by atoms with Gasteiger partial charge in [0, 0.05) is 18.1 Å². The van der Waals surface area contributed by atoms with Crippen molar-refractivity contribution in [2.45, 2.75) is 18.6 Å². The van der Waals surface area contributed by atoms with Crippen LogP contribution in [0.3, 0.4) is 0 Å². The summed E-state index contributed by atoms with van der Waals surface area (Å²) < 4.78 is 13.2. The Morgan fingerprint density at radius 2 is 1.86 bits per heavy atom. The predicted molar refractivity (Wildman–Crippen MR) is 136 cm³/mol. The van der Waals surface area contributed by atoms with Gasteiger partial charge in [-0.25, -0.2) is 9.97 Å². The maximum Gasteiger partial charge on any atom is 0.321 e. The van der Waals surface area contributed by atoms with E-state index in [9.17, 15) is 4.79 Å². The number of ether oxygens (including phenoxy) is 1. The average Bonchev–Trinajstić information content (AvgIpc) is 3.56. The van der Waals surface area contributed by atoms with Crippen molar-refractivity contribution in [2.24, 2.45) is 0 Å². The van der Waals surface area contributed by atoms with Gasteiger partial charge >= 0.3 is 6.01 Å². The van der Waals surface area contributed by atoms with Crippen molar-refractivity contribution in [1.82, 2.24) is 24.7 Å². The number of hydrogen-bond donors (Lipinski definition) is 1. The molecule has 36 heavy (non-hydrogen) atoms. The summed E-state index contributed by atoms with van der Waals surface area (Å²) in [6.07, 6.45) is 4.82. The van der Waals surface area contributed by atoms with E-state index in [0.29, 0.717) is 34.7 Å². The molecule has 1 amide bonds. The van der Waals surface area contributed by atoms with E-state index < -0.39 is 0 Å². The highest BCUT2D eigenvalue weighted by Gasteiger charge is 2.18. The van der Waals surface area contributed by atoms with E-state index in [4.69, 9.17) is 9.15 Å². The Kier molecular flexibility index (Phi) is 7.04. The molecule has 0 fully saturated rings. The van der Waals surface area contributed by atoms with E-state index in [-0.39, 0.29) is 17.7 Å². The van der Waals surface area contributed by atoms with Crippen LogP contribution >= 0.6 is 11.8 Å². The third-order valence-corrected chi connectivity index (χ3v) is 6.16. The van der Waals surface area contributed by atoms with Crippen LogP contribution in [0.25, 0.3) is 11.6 Å². The van der Waals surface area contributed by atoms with Gasteiger partial charge in [0.15, 0.2) is 10.9 Å². The van der Waals surface area contributed by atoms with Crippen molar-refractivity contribution in [3.05, 3.63) is 96.5 Å². The number of aryl methyl sites for hydroxylation is 1. The Morgan fingerprint density at radius 1 is 1.03 bits per heavy atom. The molecular weight excluding hydrogens is 476 g/mol. The zero-order chi connectivity index (χ0) is 24.7. The van der Waals surface area contributed by atoms with Crippen LogP contribution in [-0.2, 0) is 11.3 Å². The maximum atomic E-state index is 12.8. The van der Waals surface area contributed by atoms with Crippen LogP contribution < -0.4 is 10.1 Å². The summed E-state index contributed by atoms with van der Waals surface area (Å²) in [7, 11) is 0. The first-order chi connectivity index (χ1) is 17.7. The van der Waals surface area contributed by atoms with Crippen molar-refractivity contribution in [3.8, 4) is 23.3 Å². The first-order valence-electron chi connectivity index (χ1n) is 11.1. The SMILES string of the molecule is Cc1cc(Oc2ncccn2)ccc1NC(=O)CSc1nnc(-c2ccco2)n1Cc1ccccc1. The Morgan fingerprint density at radius 3 is 2.61 bits per heavy atom. The van der Waals surface area contributed by atoms with Crippen LogP contribution in [0.4, 0.5) is 5.69 Å². The highest BCUT2D eigenvalue weighted by molar-refractivity contribution is 7.99. The van der Waals surface area contributed by atoms with Gasteiger partial charge in [0.2, 0.25) is 11.7 Å². The van der Waals surface area contributed by atoms with Crippen LogP contribution in [0.1, 0.15) is 11.1 Å². The monoisotopic (exact) mass is 498 g/mol. The number of carbonyl (C=O) groups excluding carboxylic acids is 1. The molecule has 0 radical (unpaired) electrons. The van der Waals surface area contributed by atoms with Gasteiger partial charge in [0.25, 0.3) is 0 Å². The van der Waals surface area contributed by atoms with Gasteiger partial charge in [-0.15, -0.1) is 10.2 Å². The zero-order valence-electron chi connectivity index (χ0n) is 19.4. The van der Waals surface area contributed by atoms with Crippen LogP contribution in [0, 0.1) is 6.92 Å². The number of amides is 1. The third-order valence-electron chi connectivity index (χ3n) is 5.20. The first-order valence-corrected chi connectivity index (χ1v) is 12.1. The third kappa shape index (κ3) is 5.61. The summed E-state index contributed by atoms with van der Waals surface area (Å²) in [5.74, 6) is 1.83. The standard InChI is InChI=1S/C26H22N6O3S/c1-18-15-20(35-25-27-12-6-13-28-25)10-11-21(18)29-23(33)17-36-26-31-30-24(22-9-5-14-34-22)32(26)16-19-7-3-2-4-8-19/h2-15H,16-17H2,1H3,(H,29,33). The van der Waals surface area contributed by atoms with E-state index in [2.05, 4.69) is 25.5 Å². The van der Waals surface area contributed by atoms with E-state index in [1.54, 1.807) is 36.9 Å². The number of carbonyl (C=O) groups is 1. The van der Waals surface area contributed by atoms with Gasteiger partial charge in [-0.05, 0) is 54.4 Å². The van der Waals surface area contributed by atoms with Gasteiger partial charge in [-0.1, -0.05) is 42.1 Å². The Labute approximate surface area is 211 Å². The molecule has 3 aromatic heterocycles. The summed E-state index contributed by atoms with van der Waals surface area (Å²) in [6, 6.07) is 21.0. The molecule has 0 spiro atoms. The quantitative estimate of drug-likeness (QED) is 0.276. The number of hydrogen-bond acceptors (Lipinski definition) is 8. The molecule has 5 aromatic rings. The number of nitrogens with zero attached hydrogens (tertiary/aromatic N) is 5. The number of anilines is 1. The lowest BCUT2D eigenvalue weighted by Gasteiger charge is -2.11. The molecule has 0 saturated heterocycles. The Balaban J connectivity index is 1.26. The number of rotatable bonds is 9. The molecule has 0 bridgehead atoms. The van der Waals surface area contributed by atoms with Crippen molar-refractivity contribution in [2.75, 3.05) is 11.1 Å². The second kappa shape index (κ2) is 10.9. The summed E-state index contributed by atoms with van der Waals surface area (Å²) in [5, 5.41) is 12.2. The van der Waals surface area contributed by atoms with Crippen LogP contribution in [0.15, 0.2) is 95.0 Å². The van der Waals surface area contributed by atoms with Crippen molar-refractivity contribution < 1.29 is 13.9 Å². The fraction of sp³-hybridized carbons (Fsp3) is 0.115.